The third kappa shape index (κ3) is 4.25. The van der Waals surface area contributed by atoms with Gasteiger partial charge in [-0.05, 0) is 54.4 Å². The van der Waals surface area contributed by atoms with Crippen molar-refractivity contribution in [3.8, 4) is 0 Å². The molecule has 1 amide bonds. The van der Waals surface area contributed by atoms with Crippen molar-refractivity contribution in [2.24, 2.45) is 17.6 Å². The smallest absolute Gasteiger partial charge is 0.241 e. The highest BCUT2D eigenvalue weighted by molar-refractivity contribution is 5.95. The molecule has 1 aromatic carbocycles. The molecule has 1 aromatic rings. The van der Waals surface area contributed by atoms with Crippen LogP contribution in [0.2, 0.25) is 0 Å². The molecular weight excluding hydrogens is 300 g/mol. The maximum atomic E-state index is 12.4. The Balaban J connectivity index is 1.57. The molecule has 0 saturated heterocycles. The van der Waals surface area contributed by atoms with Gasteiger partial charge in [-0.25, -0.2) is 0 Å². The number of rotatable bonds is 4. The summed E-state index contributed by atoms with van der Waals surface area (Å²) in [5, 5.41) is 2.97. The van der Waals surface area contributed by atoms with Gasteiger partial charge in [0.2, 0.25) is 5.91 Å². The number of nitrogens with one attached hydrogen (secondary N) is 1. The fourth-order valence-electron chi connectivity index (χ4n) is 3.64. The average molecular weight is 328 g/mol. The summed E-state index contributed by atoms with van der Waals surface area (Å²) in [6.45, 7) is 3.74. The van der Waals surface area contributed by atoms with Crippen LogP contribution in [0.15, 0.2) is 30.3 Å². The third-order valence-corrected chi connectivity index (χ3v) is 5.36. The number of amides is 1. The van der Waals surface area contributed by atoms with Gasteiger partial charge in [-0.15, -0.1) is 0 Å². The maximum absolute atomic E-state index is 12.4. The maximum Gasteiger partial charge on any atom is 0.241 e. The van der Waals surface area contributed by atoms with Gasteiger partial charge in [0.25, 0.3) is 0 Å². The fourth-order valence-corrected chi connectivity index (χ4v) is 3.64. The zero-order valence-corrected chi connectivity index (χ0v) is 14.5. The minimum atomic E-state index is -0.407. The summed E-state index contributed by atoms with van der Waals surface area (Å²) in [4.78, 5) is 12.4. The Morgan fingerprint density at radius 2 is 1.92 bits per heavy atom. The van der Waals surface area contributed by atoms with E-state index in [4.69, 9.17) is 10.5 Å². The summed E-state index contributed by atoms with van der Waals surface area (Å²) in [7, 11) is 0. The summed E-state index contributed by atoms with van der Waals surface area (Å²) in [5.74, 6) is 1.02. The second-order valence-electron chi connectivity index (χ2n) is 7.17. The van der Waals surface area contributed by atoms with E-state index in [-0.39, 0.29) is 5.91 Å². The number of ether oxygens (including phenoxy) is 1. The summed E-state index contributed by atoms with van der Waals surface area (Å²) in [6, 6.07) is 7.62. The zero-order chi connectivity index (χ0) is 16.9. The lowest BCUT2D eigenvalue weighted by Gasteiger charge is -2.29. The summed E-state index contributed by atoms with van der Waals surface area (Å²) >= 11 is 0. The van der Waals surface area contributed by atoms with Crippen LogP contribution in [-0.4, -0.2) is 25.2 Å². The molecule has 3 N–H and O–H groups in total. The van der Waals surface area contributed by atoms with Crippen LogP contribution < -0.4 is 11.1 Å². The third-order valence-electron chi connectivity index (χ3n) is 5.36. The average Bonchev–Trinajstić information content (AvgIpc) is 2.63. The van der Waals surface area contributed by atoms with Crippen molar-refractivity contribution >= 4 is 17.2 Å². The summed E-state index contributed by atoms with van der Waals surface area (Å²) in [6.07, 6.45) is 7.54. The van der Waals surface area contributed by atoms with Crippen molar-refractivity contribution in [3.05, 3.63) is 35.9 Å². The summed E-state index contributed by atoms with van der Waals surface area (Å²) in [5.41, 5.74) is 9.52. The van der Waals surface area contributed by atoms with Gasteiger partial charge in [-0.2, -0.15) is 0 Å². The molecule has 0 spiro atoms. The van der Waals surface area contributed by atoms with E-state index in [1.807, 2.05) is 12.1 Å². The molecule has 0 bridgehead atoms. The van der Waals surface area contributed by atoms with E-state index >= 15 is 0 Å². The second kappa shape index (κ2) is 7.95. The van der Waals surface area contributed by atoms with Crippen LogP contribution in [0, 0.1) is 11.8 Å². The molecule has 1 heterocycles. The minimum Gasteiger partial charge on any atom is -0.377 e. The molecule has 24 heavy (non-hydrogen) atoms. The predicted molar refractivity (Wildman–Crippen MR) is 97.6 cm³/mol. The molecule has 3 rings (SSSR count). The van der Waals surface area contributed by atoms with Crippen LogP contribution in [0.4, 0.5) is 5.69 Å². The van der Waals surface area contributed by atoms with Gasteiger partial charge in [0.05, 0.1) is 19.3 Å². The van der Waals surface area contributed by atoms with Crippen LogP contribution in [-0.2, 0) is 9.53 Å². The second-order valence-corrected chi connectivity index (χ2v) is 7.17. The Morgan fingerprint density at radius 1 is 1.21 bits per heavy atom. The van der Waals surface area contributed by atoms with Gasteiger partial charge in [-0.1, -0.05) is 38.0 Å². The highest BCUT2D eigenvalue weighted by Crippen LogP contribution is 2.30. The Hall–Kier alpha value is -1.65. The fraction of sp³-hybridized carbons (Fsp3) is 0.550. The van der Waals surface area contributed by atoms with Gasteiger partial charge >= 0.3 is 0 Å². The number of carbonyl (C=O) groups is 1. The van der Waals surface area contributed by atoms with Crippen LogP contribution >= 0.6 is 0 Å². The molecule has 0 aromatic heterocycles. The number of nitrogens with two attached hydrogens (primary N) is 1. The SMILES string of the molecule is CC1CCC([C@H](N)C(=O)Nc2ccc(C3=CCOCC3)cc2)CC1. The first-order valence-electron chi connectivity index (χ1n) is 9.07. The van der Waals surface area contributed by atoms with Crippen LogP contribution in [0.1, 0.15) is 44.6 Å². The number of hydrogen-bond donors (Lipinski definition) is 2. The number of carbonyl (C=O) groups excluding carboxylic acids is 1. The largest absolute Gasteiger partial charge is 0.377 e. The molecule has 1 atom stereocenters. The monoisotopic (exact) mass is 328 g/mol. The topological polar surface area (TPSA) is 64.4 Å². The molecule has 0 radical (unpaired) electrons. The van der Waals surface area contributed by atoms with Crippen LogP contribution in [0.25, 0.3) is 5.57 Å². The molecule has 0 unspecified atom stereocenters. The summed E-state index contributed by atoms with van der Waals surface area (Å²) < 4.78 is 5.34. The Bertz CT molecular complexity index is 586. The number of anilines is 1. The molecule has 4 nitrogen and oxygen atoms in total. The lowest BCUT2D eigenvalue weighted by molar-refractivity contribution is -0.118. The Labute approximate surface area is 144 Å². The molecule has 130 valence electrons. The van der Waals surface area contributed by atoms with Crippen molar-refractivity contribution < 1.29 is 9.53 Å². The predicted octanol–water partition coefficient (Wildman–Crippen LogP) is 3.58. The van der Waals surface area contributed by atoms with Gasteiger partial charge in [-0.3, -0.25) is 4.79 Å². The Morgan fingerprint density at radius 3 is 2.54 bits per heavy atom. The Kier molecular flexibility index (Phi) is 5.69. The molecule has 1 aliphatic carbocycles. The van der Waals surface area contributed by atoms with Crippen molar-refractivity contribution in [2.45, 2.75) is 45.1 Å². The van der Waals surface area contributed by atoms with Gasteiger partial charge in [0.15, 0.2) is 0 Å². The standard InChI is InChI=1S/C20H28N2O2/c1-14-2-4-17(5-3-14)19(21)20(23)22-18-8-6-15(7-9-18)16-10-12-24-13-11-16/h6-10,14,17,19H,2-5,11-13,21H2,1H3,(H,22,23)/t14?,17?,19-/m0/s1. The minimum absolute atomic E-state index is 0.0624. The number of hydrogen-bond acceptors (Lipinski definition) is 3. The van der Waals surface area contributed by atoms with Crippen LogP contribution in [0.3, 0.4) is 0 Å². The van der Waals surface area contributed by atoms with E-state index in [1.54, 1.807) is 0 Å². The number of benzene rings is 1. The van der Waals surface area contributed by atoms with Crippen molar-refractivity contribution in [3.63, 3.8) is 0 Å². The first-order chi connectivity index (χ1) is 11.6. The molecule has 1 fully saturated rings. The highest BCUT2D eigenvalue weighted by Gasteiger charge is 2.28. The van der Waals surface area contributed by atoms with Crippen molar-refractivity contribution in [2.75, 3.05) is 18.5 Å². The lowest BCUT2D eigenvalue weighted by atomic mass is 9.79. The van der Waals surface area contributed by atoms with Gasteiger partial charge in [0.1, 0.15) is 0 Å². The van der Waals surface area contributed by atoms with E-state index in [0.717, 1.165) is 37.5 Å². The molecule has 1 saturated carbocycles. The van der Waals surface area contributed by atoms with E-state index in [2.05, 4.69) is 30.4 Å². The van der Waals surface area contributed by atoms with E-state index in [1.165, 1.54) is 24.0 Å². The van der Waals surface area contributed by atoms with Crippen LogP contribution in [0.5, 0.6) is 0 Å². The zero-order valence-electron chi connectivity index (χ0n) is 14.5. The lowest BCUT2D eigenvalue weighted by Crippen LogP contribution is -2.43. The molecule has 4 heteroatoms. The molecular formula is C20H28N2O2. The molecule has 2 aliphatic rings. The van der Waals surface area contributed by atoms with Crippen molar-refractivity contribution in [1.82, 2.24) is 0 Å². The van der Waals surface area contributed by atoms with Gasteiger partial charge < -0.3 is 15.8 Å². The van der Waals surface area contributed by atoms with E-state index in [9.17, 15) is 4.79 Å². The van der Waals surface area contributed by atoms with E-state index < -0.39 is 6.04 Å². The first kappa shape index (κ1) is 17.2. The quantitative estimate of drug-likeness (QED) is 0.888. The molecule has 1 aliphatic heterocycles. The highest BCUT2D eigenvalue weighted by atomic mass is 16.5. The van der Waals surface area contributed by atoms with Gasteiger partial charge in [0, 0.05) is 5.69 Å². The van der Waals surface area contributed by atoms with E-state index in [0.29, 0.717) is 12.5 Å². The normalized spacial score (nSPS) is 25.7. The van der Waals surface area contributed by atoms with Crippen molar-refractivity contribution in [1.29, 1.82) is 0 Å². The first-order valence-corrected chi connectivity index (χ1v) is 9.07.